The van der Waals surface area contributed by atoms with Gasteiger partial charge in [0.2, 0.25) is 5.91 Å². The molecule has 2 aromatic rings. The van der Waals surface area contributed by atoms with Crippen molar-refractivity contribution in [2.75, 3.05) is 58.2 Å². The second-order valence-corrected chi connectivity index (χ2v) is 16.6. The Hall–Kier alpha value is -4.66. The topological polar surface area (TPSA) is 159 Å². The van der Waals surface area contributed by atoms with E-state index in [2.05, 4.69) is 20.5 Å². The molecule has 5 amide bonds. The molecule has 1 aliphatic carbocycles. The summed E-state index contributed by atoms with van der Waals surface area (Å²) in [5, 5.41) is 5.32. The fraction of sp³-hybridized carbons (Fsp3) is 0.622. The highest BCUT2D eigenvalue weighted by Gasteiger charge is 2.55. The van der Waals surface area contributed by atoms with Gasteiger partial charge in [0.25, 0.3) is 0 Å². The van der Waals surface area contributed by atoms with Crippen molar-refractivity contribution in [1.29, 1.82) is 0 Å². The summed E-state index contributed by atoms with van der Waals surface area (Å²) in [5.41, 5.74) is -1.11. The molecule has 2 N–H and O–H groups in total. The van der Waals surface area contributed by atoms with Crippen LogP contribution in [0, 0.1) is 17.8 Å². The Morgan fingerprint density at radius 1 is 0.846 bits per heavy atom. The van der Waals surface area contributed by atoms with Crippen molar-refractivity contribution < 1.29 is 28.7 Å². The summed E-state index contributed by atoms with van der Waals surface area (Å²) in [4.78, 5) is 75.0. The number of likely N-dealkylation sites (tertiary alicyclic amines) is 1. The van der Waals surface area contributed by atoms with Crippen LogP contribution in [0.25, 0.3) is 5.69 Å². The Kier molecular flexibility index (Phi) is 10.9. The number of aromatic nitrogens is 2. The number of ether oxygens (including phenoxy) is 2. The monoisotopic (exact) mass is 722 g/mol. The number of piperazine rings is 1. The Morgan fingerprint density at radius 2 is 1.42 bits per heavy atom. The lowest BCUT2D eigenvalue weighted by Crippen LogP contribution is -2.60. The zero-order valence-corrected chi connectivity index (χ0v) is 31.9. The number of carbonyl (C=O) groups excluding carboxylic acids is 4. The van der Waals surface area contributed by atoms with Gasteiger partial charge in [0.05, 0.1) is 5.69 Å². The van der Waals surface area contributed by atoms with Crippen LogP contribution in [0.2, 0.25) is 0 Å². The number of anilines is 1. The van der Waals surface area contributed by atoms with Gasteiger partial charge < -0.3 is 29.5 Å². The highest BCUT2D eigenvalue weighted by atomic mass is 16.6. The number of nitrogens with one attached hydrogen (secondary N) is 2. The molecular formula is C37H54N8O7. The highest BCUT2D eigenvalue weighted by Crippen LogP contribution is 2.52. The number of carbonyl (C=O) groups is 4. The van der Waals surface area contributed by atoms with Crippen LogP contribution in [-0.2, 0) is 20.8 Å². The molecule has 0 spiro atoms. The van der Waals surface area contributed by atoms with Crippen molar-refractivity contribution in [3.05, 3.63) is 52.6 Å². The summed E-state index contributed by atoms with van der Waals surface area (Å²) >= 11 is 0. The van der Waals surface area contributed by atoms with E-state index in [9.17, 15) is 24.0 Å². The fourth-order valence-electron chi connectivity index (χ4n) is 6.87. The third-order valence-electron chi connectivity index (χ3n) is 9.50. The maximum atomic E-state index is 13.1. The van der Waals surface area contributed by atoms with Gasteiger partial charge in [0.1, 0.15) is 22.6 Å². The van der Waals surface area contributed by atoms with Gasteiger partial charge in [-0.3, -0.25) is 19.6 Å². The number of hydrogen-bond acceptors (Lipinski definition) is 9. The Labute approximate surface area is 305 Å². The normalized spacial score (nSPS) is 20.5. The van der Waals surface area contributed by atoms with Gasteiger partial charge in [-0.1, -0.05) is 12.1 Å². The summed E-state index contributed by atoms with van der Waals surface area (Å²) < 4.78 is 12.2. The van der Waals surface area contributed by atoms with Gasteiger partial charge in [-0.15, -0.1) is 0 Å². The molecule has 3 heterocycles. The first kappa shape index (κ1) is 38.6. The third kappa shape index (κ3) is 9.81. The number of urea groups is 1. The van der Waals surface area contributed by atoms with E-state index in [-0.39, 0.29) is 44.0 Å². The molecule has 3 fully saturated rings. The Bertz CT molecular complexity index is 1690. The number of nitrogens with zero attached hydrogens (tertiary/aromatic N) is 6. The van der Waals surface area contributed by atoms with Gasteiger partial charge in [-0.2, -0.15) is 4.98 Å². The van der Waals surface area contributed by atoms with E-state index in [4.69, 9.17) is 9.47 Å². The summed E-state index contributed by atoms with van der Waals surface area (Å²) in [6.07, 6.45) is 0.627. The number of amides is 5. The standard InChI is InChI=1S/C37H54N8O7/c1-35(2,3)51-33(49)40-37(7,8)30(46)43-16-18-44(19-17-43)31(47)38-29-14-15-45(32(48)39-29)25-12-10-24(11-13-25)20-42-22-27-26(28(27)23-42)21-41(9)34(50)52-36(4,5)6/h10-15,26-28H,16-23H2,1-9H3,(H,40,49)(H,38,39,47,48). The van der Waals surface area contributed by atoms with Gasteiger partial charge in [-0.25, -0.2) is 19.2 Å². The largest absolute Gasteiger partial charge is 0.444 e. The van der Waals surface area contributed by atoms with E-state index in [1.807, 2.05) is 45.0 Å². The van der Waals surface area contributed by atoms with E-state index in [1.54, 1.807) is 68.6 Å². The Balaban J connectivity index is 1.06. The van der Waals surface area contributed by atoms with E-state index in [0.717, 1.165) is 25.2 Å². The quantitative estimate of drug-likeness (QED) is 0.414. The maximum absolute atomic E-state index is 13.1. The van der Waals surface area contributed by atoms with Crippen LogP contribution in [0.4, 0.5) is 20.2 Å². The lowest BCUT2D eigenvalue weighted by Gasteiger charge is -2.38. The van der Waals surface area contributed by atoms with Crippen LogP contribution in [0.3, 0.4) is 0 Å². The first-order valence-electron chi connectivity index (χ1n) is 17.9. The van der Waals surface area contributed by atoms with E-state index >= 15 is 0 Å². The number of piperidine rings is 1. The number of alkyl carbamates (subject to hydrolysis) is 1. The molecule has 2 aliphatic heterocycles. The van der Waals surface area contributed by atoms with E-state index in [0.29, 0.717) is 30.0 Å². The zero-order valence-electron chi connectivity index (χ0n) is 31.9. The molecule has 284 valence electrons. The predicted octanol–water partition coefficient (Wildman–Crippen LogP) is 3.76. The molecule has 15 heteroatoms. The lowest BCUT2D eigenvalue weighted by atomic mass is 10.0. The van der Waals surface area contributed by atoms with Crippen molar-refractivity contribution in [1.82, 2.24) is 34.5 Å². The minimum atomic E-state index is -1.19. The predicted molar refractivity (Wildman–Crippen MR) is 195 cm³/mol. The summed E-state index contributed by atoms with van der Waals surface area (Å²) in [5.74, 6) is 1.55. The summed E-state index contributed by atoms with van der Waals surface area (Å²) in [7, 11) is 1.80. The molecule has 2 unspecified atom stereocenters. The first-order chi connectivity index (χ1) is 24.2. The average Bonchev–Trinajstić information content (AvgIpc) is 3.46. The van der Waals surface area contributed by atoms with Crippen molar-refractivity contribution >= 4 is 29.9 Å². The number of fused-ring (bicyclic) bond motifs is 1. The van der Waals surface area contributed by atoms with Crippen LogP contribution >= 0.6 is 0 Å². The van der Waals surface area contributed by atoms with E-state index < -0.39 is 34.6 Å². The molecule has 1 aromatic carbocycles. The zero-order chi connectivity index (χ0) is 38.2. The molecule has 5 rings (SSSR count). The van der Waals surface area contributed by atoms with Gasteiger partial charge >= 0.3 is 23.9 Å². The third-order valence-corrected chi connectivity index (χ3v) is 9.50. The van der Waals surface area contributed by atoms with Gasteiger partial charge in [0, 0.05) is 65.6 Å². The second-order valence-electron chi connectivity index (χ2n) is 16.6. The van der Waals surface area contributed by atoms with Gasteiger partial charge in [0.15, 0.2) is 0 Å². The Morgan fingerprint density at radius 3 is 1.98 bits per heavy atom. The summed E-state index contributed by atoms with van der Waals surface area (Å²) in [6.45, 7) is 18.7. The van der Waals surface area contributed by atoms with Crippen LogP contribution in [-0.4, -0.2) is 123 Å². The van der Waals surface area contributed by atoms with Crippen molar-refractivity contribution in [2.45, 2.75) is 78.7 Å². The maximum Gasteiger partial charge on any atom is 0.410 e. The molecule has 15 nitrogen and oxygen atoms in total. The van der Waals surface area contributed by atoms with Crippen LogP contribution in [0.1, 0.15) is 61.0 Å². The van der Waals surface area contributed by atoms with Crippen LogP contribution in [0.5, 0.6) is 0 Å². The number of benzene rings is 1. The van der Waals surface area contributed by atoms with Crippen molar-refractivity contribution in [3.8, 4) is 5.69 Å². The molecule has 52 heavy (non-hydrogen) atoms. The SMILES string of the molecule is CN(CC1C2CN(Cc3ccc(-n4ccc(NC(=O)N5CCN(C(=O)C(C)(C)NC(=O)OC(C)(C)C)CC5)nc4=O)cc3)CC21)C(=O)OC(C)(C)C. The highest BCUT2D eigenvalue weighted by molar-refractivity contribution is 5.90. The minimum Gasteiger partial charge on any atom is -0.444 e. The number of hydrogen-bond donors (Lipinski definition) is 2. The second kappa shape index (κ2) is 14.8. The van der Waals surface area contributed by atoms with Crippen LogP contribution in [0.15, 0.2) is 41.3 Å². The fourth-order valence-corrected chi connectivity index (χ4v) is 6.87. The molecular weight excluding hydrogens is 668 g/mol. The van der Waals surface area contributed by atoms with Crippen molar-refractivity contribution in [2.24, 2.45) is 17.8 Å². The van der Waals surface area contributed by atoms with Crippen LogP contribution < -0.4 is 16.3 Å². The van der Waals surface area contributed by atoms with E-state index in [1.165, 1.54) is 4.57 Å². The molecule has 1 saturated carbocycles. The molecule has 0 bridgehead atoms. The average molecular weight is 723 g/mol. The van der Waals surface area contributed by atoms with Crippen molar-refractivity contribution in [3.63, 3.8) is 0 Å². The number of rotatable bonds is 8. The molecule has 3 aliphatic rings. The molecule has 2 saturated heterocycles. The lowest BCUT2D eigenvalue weighted by molar-refractivity contribution is -0.138. The summed E-state index contributed by atoms with van der Waals surface area (Å²) in [6, 6.07) is 8.94. The molecule has 2 atom stereocenters. The molecule has 1 aromatic heterocycles. The minimum absolute atomic E-state index is 0.132. The first-order valence-corrected chi connectivity index (χ1v) is 17.9. The smallest absolute Gasteiger partial charge is 0.410 e. The molecule has 0 radical (unpaired) electrons. The van der Waals surface area contributed by atoms with Gasteiger partial charge in [-0.05, 0) is 96.9 Å².